The van der Waals surface area contributed by atoms with Crippen molar-refractivity contribution in [3.63, 3.8) is 0 Å². The smallest absolute Gasteiger partial charge is 0.346 e. The van der Waals surface area contributed by atoms with E-state index in [9.17, 15) is 19.2 Å². The lowest BCUT2D eigenvalue weighted by Crippen LogP contribution is -2.18. The summed E-state index contributed by atoms with van der Waals surface area (Å²) in [7, 11) is 3.17. The quantitative estimate of drug-likeness (QED) is 0.333. The molecule has 27 heavy (non-hydrogen) atoms. The van der Waals surface area contributed by atoms with Gasteiger partial charge in [0.25, 0.3) is 0 Å². The summed E-state index contributed by atoms with van der Waals surface area (Å²) in [5, 5.41) is 0. The highest BCUT2D eigenvalue weighted by atomic mass is 16.6. The Bertz CT molecular complexity index is 693. The third kappa shape index (κ3) is 5.08. The number of carbonyl (C=O) groups is 4. The second kappa shape index (κ2) is 9.75. The van der Waals surface area contributed by atoms with Crippen molar-refractivity contribution >= 4 is 23.9 Å². The van der Waals surface area contributed by atoms with Gasteiger partial charge >= 0.3 is 23.9 Å². The average molecular weight is 376 g/mol. The molecule has 0 radical (unpaired) electrons. The van der Waals surface area contributed by atoms with Crippen LogP contribution in [0, 0.1) is 11.8 Å². The Morgan fingerprint density at radius 3 is 1.63 bits per heavy atom. The lowest BCUT2D eigenvalue weighted by molar-refractivity contribution is -0.153. The SMILES string of the molecule is COCOC.O=C1OC(=O)C2CC=CCC12.O=C1OC(=O)c2ccccc21. The molecule has 3 aliphatic rings. The predicted octanol–water partition coefficient (Wildman–Crippen LogP) is 1.89. The molecule has 0 N–H and O–H groups in total. The molecule has 0 saturated carbocycles. The van der Waals surface area contributed by atoms with Crippen molar-refractivity contribution in [2.24, 2.45) is 11.8 Å². The Hall–Kier alpha value is -2.84. The largest absolute Gasteiger partial charge is 0.393 e. The summed E-state index contributed by atoms with van der Waals surface area (Å²) in [6.45, 7) is 0.389. The molecular weight excluding hydrogens is 356 g/mol. The molecular formula is C19H20O8. The normalized spacial score (nSPS) is 21.9. The first kappa shape index (κ1) is 20.5. The number of esters is 4. The molecule has 2 heterocycles. The number of carbonyl (C=O) groups excluding carboxylic acids is 4. The van der Waals surface area contributed by atoms with E-state index in [1.165, 1.54) is 0 Å². The first-order valence-corrected chi connectivity index (χ1v) is 8.23. The Morgan fingerprint density at radius 2 is 1.26 bits per heavy atom. The minimum Gasteiger partial charge on any atom is -0.393 e. The van der Waals surface area contributed by atoms with Crippen LogP contribution in [0.4, 0.5) is 0 Å². The number of ether oxygens (including phenoxy) is 4. The Labute approximate surface area is 156 Å². The molecule has 1 saturated heterocycles. The second-order valence-corrected chi connectivity index (χ2v) is 5.81. The number of methoxy groups -OCH3 is 2. The van der Waals surface area contributed by atoms with Crippen molar-refractivity contribution in [3.05, 3.63) is 47.5 Å². The molecule has 1 fully saturated rings. The van der Waals surface area contributed by atoms with Crippen LogP contribution >= 0.6 is 0 Å². The lowest BCUT2D eigenvalue weighted by atomic mass is 9.85. The van der Waals surface area contributed by atoms with Gasteiger partial charge in [-0.2, -0.15) is 0 Å². The van der Waals surface area contributed by atoms with E-state index < -0.39 is 11.9 Å². The number of benzene rings is 1. The average Bonchev–Trinajstić information content (AvgIpc) is 3.13. The number of fused-ring (bicyclic) bond motifs is 2. The summed E-state index contributed by atoms with van der Waals surface area (Å²) in [5.74, 6) is -2.16. The van der Waals surface area contributed by atoms with Crippen LogP contribution in [0.5, 0.6) is 0 Å². The molecule has 0 bridgehead atoms. The first-order chi connectivity index (χ1) is 13.0. The molecule has 0 aromatic heterocycles. The van der Waals surface area contributed by atoms with Crippen LogP contribution in [0.3, 0.4) is 0 Å². The third-order valence-corrected chi connectivity index (χ3v) is 4.03. The first-order valence-electron chi connectivity index (χ1n) is 8.23. The van der Waals surface area contributed by atoms with Crippen LogP contribution in [0.25, 0.3) is 0 Å². The van der Waals surface area contributed by atoms with Crippen LogP contribution in [0.2, 0.25) is 0 Å². The second-order valence-electron chi connectivity index (χ2n) is 5.81. The van der Waals surface area contributed by atoms with Crippen LogP contribution in [-0.4, -0.2) is 44.9 Å². The Kier molecular flexibility index (Phi) is 7.39. The van der Waals surface area contributed by atoms with Gasteiger partial charge in [0.1, 0.15) is 6.79 Å². The van der Waals surface area contributed by atoms with E-state index >= 15 is 0 Å². The standard InChI is InChI=1S/C8H8O3.C8H4O3.C3H8O2/c2*9-7-5-3-1-2-4-6(5)8(10)11-7;1-4-3-5-2/h1-2,5-6H,3-4H2;1-4H;3H2,1-2H3. The van der Waals surface area contributed by atoms with Gasteiger partial charge < -0.3 is 18.9 Å². The van der Waals surface area contributed by atoms with Crippen molar-refractivity contribution in [1.82, 2.24) is 0 Å². The molecule has 0 spiro atoms. The van der Waals surface area contributed by atoms with Crippen molar-refractivity contribution < 1.29 is 38.1 Å². The van der Waals surface area contributed by atoms with E-state index in [0.717, 1.165) is 0 Å². The van der Waals surface area contributed by atoms with Crippen molar-refractivity contribution in [2.75, 3.05) is 21.0 Å². The van der Waals surface area contributed by atoms with Crippen molar-refractivity contribution in [3.8, 4) is 0 Å². The fraction of sp³-hybridized carbons (Fsp3) is 0.368. The van der Waals surface area contributed by atoms with Crippen LogP contribution in [0.15, 0.2) is 36.4 Å². The molecule has 1 aromatic carbocycles. The summed E-state index contributed by atoms with van der Waals surface area (Å²) >= 11 is 0. The van der Waals surface area contributed by atoms with Gasteiger partial charge in [0, 0.05) is 14.2 Å². The van der Waals surface area contributed by atoms with Gasteiger partial charge in [-0.15, -0.1) is 0 Å². The molecule has 8 heteroatoms. The van der Waals surface area contributed by atoms with E-state index in [4.69, 9.17) is 0 Å². The number of cyclic esters (lactones) is 4. The van der Waals surface area contributed by atoms with Gasteiger partial charge in [0.2, 0.25) is 0 Å². The summed E-state index contributed by atoms with van der Waals surface area (Å²) in [6.07, 6.45) is 5.19. The summed E-state index contributed by atoms with van der Waals surface area (Å²) < 4.78 is 17.8. The van der Waals surface area contributed by atoms with E-state index in [1.54, 1.807) is 38.5 Å². The fourth-order valence-electron chi connectivity index (χ4n) is 2.74. The maximum Gasteiger partial charge on any atom is 0.346 e. The third-order valence-electron chi connectivity index (χ3n) is 4.03. The highest BCUT2D eigenvalue weighted by Gasteiger charge is 2.43. The van der Waals surface area contributed by atoms with Gasteiger partial charge in [-0.05, 0) is 25.0 Å². The van der Waals surface area contributed by atoms with Crippen molar-refractivity contribution in [1.29, 1.82) is 0 Å². The Morgan fingerprint density at radius 1 is 0.815 bits per heavy atom. The zero-order valence-corrected chi connectivity index (χ0v) is 15.0. The highest BCUT2D eigenvalue weighted by Crippen LogP contribution is 2.32. The maximum atomic E-state index is 10.9. The zero-order chi connectivity index (χ0) is 19.8. The summed E-state index contributed by atoms with van der Waals surface area (Å²) in [5.41, 5.74) is 0.718. The minimum absolute atomic E-state index is 0.188. The van der Waals surface area contributed by atoms with Gasteiger partial charge in [-0.3, -0.25) is 9.59 Å². The van der Waals surface area contributed by atoms with Gasteiger partial charge in [-0.1, -0.05) is 24.3 Å². The van der Waals surface area contributed by atoms with Crippen LogP contribution in [0.1, 0.15) is 33.6 Å². The molecule has 4 rings (SSSR count). The van der Waals surface area contributed by atoms with Gasteiger partial charge in [0.05, 0.1) is 23.0 Å². The van der Waals surface area contributed by atoms with E-state index in [1.807, 2.05) is 12.2 Å². The topological polar surface area (TPSA) is 105 Å². The maximum absolute atomic E-state index is 10.9. The molecule has 1 aromatic rings. The number of allylic oxidation sites excluding steroid dienone is 2. The van der Waals surface area contributed by atoms with E-state index in [0.29, 0.717) is 30.8 Å². The predicted molar refractivity (Wildman–Crippen MR) is 91.5 cm³/mol. The van der Waals surface area contributed by atoms with Gasteiger partial charge in [-0.25, -0.2) is 9.59 Å². The lowest BCUT2D eigenvalue weighted by Gasteiger charge is -2.12. The highest BCUT2D eigenvalue weighted by molar-refractivity contribution is 6.14. The minimum atomic E-state index is -0.550. The van der Waals surface area contributed by atoms with Crippen molar-refractivity contribution in [2.45, 2.75) is 12.8 Å². The molecule has 2 aliphatic heterocycles. The molecule has 1 aliphatic carbocycles. The number of rotatable bonds is 2. The number of hydrogen-bond donors (Lipinski definition) is 0. The van der Waals surface area contributed by atoms with E-state index in [2.05, 4.69) is 18.9 Å². The summed E-state index contributed by atoms with van der Waals surface area (Å²) in [6, 6.07) is 6.53. The summed E-state index contributed by atoms with van der Waals surface area (Å²) in [4.78, 5) is 43.5. The monoisotopic (exact) mass is 376 g/mol. The van der Waals surface area contributed by atoms with E-state index in [-0.39, 0.29) is 23.8 Å². The molecule has 2 atom stereocenters. The molecule has 144 valence electrons. The number of hydrogen-bond acceptors (Lipinski definition) is 8. The fourth-order valence-corrected chi connectivity index (χ4v) is 2.74. The molecule has 8 nitrogen and oxygen atoms in total. The Balaban J connectivity index is 0.000000157. The van der Waals surface area contributed by atoms with Crippen LogP contribution in [-0.2, 0) is 28.5 Å². The van der Waals surface area contributed by atoms with Crippen LogP contribution < -0.4 is 0 Å². The van der Waals surface area contributed by atoms with Gasteiger partial charge in [0.15, 0.2) is 0 Å². The zero-order valence-electron chi connectivity index (χ0n) is 15.0. The molecule has 2 unspecified atom stereocenters. The molecule has 0 amide bonds.